The molecule has 0 radical (unpaired) electrons. The third-order valence-electron chi connectivity index (χ3n) is 5.78. The standard InChI is InChI=1S/C23H26N8/c1-14(2)17-6-7-19(27-23(17)31-8-4-5-16(24)13-31)22-18-9-20(15-10-26-30(3)12-15)25-11-21(18)28-29-22/h6-7,9-12,16H,1,4-5,8,13,24H2,2-3H3,(H,28,29). The average Bonchev–Trinajstić information content (AvgIpc) is 3.39. The fraction of sp³-hybridized carbons (Fsp3) is 0.304. The molecule has 0 saturated carbocycles. The molecule has 5 heterocycles. The minimum absolute atomic E-state index is 0.163. The van der Waals surface area contributed by atoms with Crippen LogP contribution in [0.4, 0.5) is 5.82 Å². The molecule has 1 aliphatic rings. The summed E-state index contributed by atoms with van der Waals surface area (Å²) in [6.07, 6.45) is 7.68. The van der Waals surface area contributed by atoms with E-state index >= 15 is 0 Å². The van der Waals surface area contributed by atoms with Crippen LogP contribution in [0.2, 0.25) is 0 Å². The van der Waals surface area contributed by atoms with E-state index in [9.17, 15) is 0 Å². The molecule has 8 nitrogen and oxygen atoms in total. The Balaban J connectivity index is 1.61. The summed E-state index contributed by atoms with van der Waals surface area (Å²) in [6.45, 7) is 7.91. The maximum atomic E-state index is 6.25. The molecule has 0 spiro atoms. The van der Waals surface area contributed by atoms with Gasteiger partial charge in [0.05, 0.1) is 29.3 Å². The van der Waals surface area contributed by atoms with Gasteiger partial charge in [0.2, 0.25) is 0 Å². The first kappa shape index (κ1) is 19.4. The summed E-state index contributed by atoms with van der Waals surface area (Å²) in [5.74, 6) is 0.929. The highest BCUT2D eigenvalue weighted by atomic mass is 15.2. The zero-order valence-electron chi connectivity index (χ0n) is 17.8. The van der Waals surface area contributed by atoms with Gasteiger partial charge in [0, 0.05) is 48.9 Å². The van der Waals surface area contributed by atoms with Gasteiger partial charge in [0.15, 0.2) is 0 Å². The van der Waals surface area contributed by atoms with Crippen molar-refractivity contribution in [3.63, 3.8) is 0 Å². The number of nitrogens with one attached hydrogen (secondary N) is 1. The van der Waals surface area contributed by atoms with E-state index in [1.54, 1.807) is 10.9 Å². The molecule has 1 fully saturated rings. The Morgan fingerprint density at radius 1 is 1.26 bits per heavy atom. The number of aromatic nitrogens is 6. The molecule has 4 aromatic heterocycles. The highest BCUT2D eigenvalue weighted by molar-refractivity contribution is 5.94. The molecule has 0 aliphatic carbocycles. The van der Waals surface area contributed by atoms with Gasteiger partial charge in [-0.3, -0.25) is 14.8 Å². The van der Waals surface area contributed by atoms with E-state index in [-0.39, 0.29) is 6.04 Å². The van der Waals surface area contributed by atoms with Crippen LogP contribution in [0.15, 0.2) is 43.4 Å². The number of hydrogen-bond donors (Lipinski definition) is 2. The number of fused-ring (bicyclic) bond motifs is 1. The molecule has 4 aromatic rings. The van der Waals surface area contributed by atoms with Crippen LogP contribution in [0.3, 0.4) is 0 Å². The molecule has 3 N–H and O–H groups in total. The van der Waals surface area contributed by atoms with Crippen LogP contribution in [0.5, 0.6) is 0 Å². The number of piperidine rings is 1. The zero-order valence-corrected chi connectivity index (χ0v) is 17.8. The van der Waals surface area contributed by atoms with Crippen molar-refractivity contribution in [2.75, 3.05) is 18.0 Å². The van der Waals surface area contributed by atoms with E-state index in [0.717, 1.165) is 76.4 Å². The fourth-order valence-electron chi connectivity index (χ4n) is 4.18. The van der Waals surface area contributed by atoms with Crippen LogP contribution in [0, 0.1) is 0 Å². The SMILES string of the molecule is C=C(C)c1ccc(-c2n[nH]c3cnc(-c4cnn(C)c4)cc23)nc1N1CCCC(N)C1. The highest BCUT2D eigenvalue weighted by Gasteiger charge is 2.22. The number of allylic oxidation sites excluding steroid dienone is 1. The number of anilines is 1. The van der Waals surface area contributed by atoms with E-state index < -0.39 is 0 Å². The maximum absolute atomic E-state index is 6.25. The Bertz CT molecular complexity index is 1270. The van der Waals surface area contributed by atoms with Crippen molar-refractivity contribution in [1.29, 1.82) is 0 Å². The third kappa shape index (κ3) is 3.59. The van der Waals surface area contributed by atoms with Gasteiger partial charge in [0.25, 0.3) is 0 Å². The van der Waals surface area contributed by atoms with Gasteiger partial charge in [-0.05, 0) is 43.5 Å². The van der Waals surface area contributed by atoms with Crippen LogP contribution in [0.1, 0.15) is 25.3 Å². The number of aromatic amines is 1. The minimum Gasteiger partial charge on any atom is -0.355 e. The molecule has 158 valence electrons. The molecular formula is C23H26N8. The van der Waals surface area contributed by atoms with Gasteiger partial charge in [-0.2, -0.15) is 10.2 Å². The summed E-state index contributed by atoms with van der Waals surface area (Å²) in [6, 6.07) is 6.30. The van der Waals surface area contributed by atoms with Crippen LogP contribution < -0.4 is 10.6 Å². The van der Waals surface area contributed by atoms with Crippen molar-refractivity contribution < 1.29 is 0 Å². The average molecular weight is 415 g/mol. The van der Waals surface area contributed by atoms with E-state index in [1.807, 2.05) is 38.5 Å². The summed E-state index contributed by atoms with van der Waals surface area (Å²) in [4.78, 5) is 11.9. The second-order valence-electron chi connectivity index (χ2n) is 8.29. The van der Waals surface area contributed by atoms with E-state index in [0.29, 0.717) is 0 Å². The molecule has 0 amide bonds. The largest absolute Gasteiger partial charge is 0.355 e. The second-order valence-corrected chi connectivity index (χ2v) is 8.29. The van der Waals surface area contributed by atoms with Crippen LogP contribution in [-0.2, 0) is 7.05 Å². The number of nitrogens with zero attached hydrogens (tertiary/aromatic N) is 6. The molecule has 8 heteroatoms. The van der Waals surface area contributed by atoms with Gasteiger partial charge in [-0.15, -0.1) is 0 Å². The number of H-pyrrole nitrogens is 1. The zero-order chi connectivity index (χ0) is 21.5. The van der Waals surface area contributed by atoms with Crippen molar-refractivity contribution >= 4 is 22.3 Å². The number of rotatable bonds is 4. The van der Waals surface area contributed by atoms with Crippen molar-refractivity contribution in [2.45, 2.75) is 25.8 Å². The smallest absolute Gasteiger partial charge is 0.136 e. The molecule has 31 heavy (non-hydrogen) atoms. The fourth-order valence-corrected chi connectivity index (χ4v) is 4.18. The van der Waals surface area contributed by atoms with E-state index in [2.05, 4.69) is 37.8 Å². The highest BCUT2D eigenvalue weighted by Crippen LogP contribution is 2.33. The molecule has 0 aromatic carbocycles. The van der Waals surface area contributed by atoms with Gasteiger partial charge in [-0.25, -0.2) is 4.98 Å². The predicted octanol–water partition coefficient (Wildman–Crippen LogP) is 3.38. The first-order valence-electron chi connectivity index (χ1n) is 10.5. The van der Waals surface area contributed by atoms with Gasteiger partial charge >= 0.3 is 0 Å². The summed E-state index contributed by atoms with van der Waals surface area (Å²) < 4.78 is 1.77. The monoisotopic (exact) mass is 414 g/mol. The molecule has 0 bridgehead atoms. The maximum Gasteiger partial charge on any atom is 0.136 e. The van der Waals surface area contributed by atoms with Crippen LogP contribution in [-0.4, -0.2) is 49.1 Å². The number of aryl methyl sites for hydroxylation is 1. The molecule has 1 unspecified atom stereocenters. The molecule has 1 saturated heterocycles. The molecule has 5 rings (SSSR count). The summed E-state index contributed by atoms with van der Waals surface area (Å²) in [5, 5.41) is 12.9. The normalized spacial score (nSPS) is 16.7. The lowest BCUT2D eigenvalue weighted by Crippen LogP contribution is -2.43. The summed E-state index contributed by atoms with van der Waals surface area (Å²) in [5.41, 5.74) is 12.6. The predicted molar refractivity (Wildman–Crippen MR) is 123 cm³/mol. The lowest BCUT2D eigenvalue weighted by Gasteiger charge is -2.33. The van der Waals surface area contributed by atoms with Gasteiger partial charge in [0.1, 0.15) is 11.5 Å². The van der Waals surface area contributed by atoms with Crippen LogP contribution >= 0.6 is 0 Å². The minimum atomic E-state index is 0.163. The third-order valence-corrected chi connectivity index (χ3v) is 5.78. The molecule has 1 atom stereocenters. The molecule has 1 aliphatic heterocycles. The van der Waals surface area contributed by atoms with Crippen molar-refractivity contribution in [3.05, 3.63) is 48.9 Å². The van der Waals surface area contributed by atoms with Crippen molar-refractivity contribution in [1.82, 2.24) is 29.9 Å². The Kier molecular flexibility index (Phi) is 4.78. The Labute approximate surface area is 180 Å². The van der Waals surface area contributed by atoms with Gasteiger partial charge in [-0.1, -0.05) is 6.58 Å². The summed E-state index contributed by atoms with van der Waals surface area (Å²) >= 11 is 0. The second kappa shape index (κ2) is 7.63. The first-order valence-corrected chi connectivity index (χ1v) is 10.5. The first-order chi connectivity index (χ1) is 15.0. The van der Waals surface area contributed by atoms with Crippen molar-refractivity contribution in [2.24, 2.45) is 12.8 Å². The lowest BCUT2D eigenvalue weighted by atomic mass is 10.0. The number of nitrogens with two attached hydrogens (primary N) is 1. The molecular weight excluding hydrogens is 388 g/mol. The Morgan fingerprint density at radius 2 is 2.13 bits per heavy atom. The Hall–Kier alpha value is -3.52. The topological polar surface area (TPSA) is 102 Å². The van der Waals surface area contributed by atoms with Crippen molar-refractivity contribution in [3.8, 4) is 22.6 Å². The number of hydrogen-bond acceptors (Lipinski definition) is 6. The number of pyridine rings is 2. The van der Waals surface area contributed by atoms with Crippen LogP contribution in [0.25, 0.3) is 39.1 Å². The van der Waals surface area contributed by atoms with E-state index in [1.165, 1.54) is 0 Å². The lowest BCUT2D eigenvalue weighted by molar-refractivity contribution is 0.503. The quantitative estimate of drug-likeness (QED) is 0.531. The van der Waals surface area contributed by atoms with E-state index in [4.69, 9.17) is 10.7 Å². The Morgan fingerprint density at radius 3 is 2.87 bits per heavy atom. The summed E-state index contributed by atoms with van der Waals surface area (Å²) in [7, 11) is 1.90. The van der Waals surface area contributed by atoms with Gasteiger partial charge < -0.3 is 10.6 Å².